The van der Waals surface area contributed by atoms with E-state index in [2.05, 4.69) is 4.98 Å². The number of phenols is 1. The molecule has 3 N–H and O–H groups in total. The predicted molar refractivity (Wildman–Crippen MR) is 56.3 cm³/mol. The smallest absolute Gasteiger partial charge is 0.338 e. The van der Waals surface area contributed by atoms with Gasteiger partial charge in [0.15, 0.2) is 0 Å². The highest BCUT2D eigenvalue weighted by Gasteiger charge is 2.15. The lowest BCUT2D eigenvalue weighted by Gasteiger charge is -2.02. The van der Waals surface area contributed by atoms with Crippen LogP contribution in [0.25, 0.3) is 10.9 Å². The Kier molecular flexibility index (Phi) is 2.11. The van der Waals surface area contributed by atoms with Gasteiger partial charge in [-0.2, -0.15) is 0 Å². The molecule has 1 aromatic carbocycles. The summed E-state index contributed by atoms with van der Waals surface area (Å²) in [5, 5.41) is 18.9. The van der Waals surface area contributed by atoms with E-state index in [1.54, 1.807) is 6.07 Å². The van der Waals surface area contributed by atoms with E-state index in [0.717, 1.165) is 12.0 Å². The van der Waals surface area contributed by atoms with Crippen molar-refractivity contribution in [1.82, 2.24) is 4.98 Å². The Labute approximate surface area is 86.2 Å². The van der Waals surface area contributed by atoms with Crippen LogP contribution in [0.3, 0.4) is 0 Å². The number of rotatable bonds is 2. The van der Waals surface area contributed by atoms with Gasteiger partial charge in [0.25, 0.3) is 0 Å². The average molecular weight is 205 g/mol. The molecule has 0 bridgehead atoms. The lowest BCUT2D eigenvalue weighted by Crippen LogP contribution is -1.94. The number of benzene rings is 1. The molecular weight excluding hydrogens is 194 g/mol. The van der Waals surface area contributed by atoms with Gasteiger partial charge in [-0.15, -0.1) is 0 Å². The summed E-state index contributed by atoms with van der Waals surface area (Å²) in [6, 6.07) is 3.32. The monoisotopic (exact) mass is 205 g/mol. The zero-order valence-electron chi connectivity index (χ0n) is 8.24. The molecule has 0 radical (unpaired) electrons. The highest BCUT2D eigenvalue weighted by Crippen LogP contribution is 2.30. The number of fused-ring (bicyclic) bond motifs is 1. The number of aromatic amines is 1. The van der Waals surface area contributed by atoms with Crippen molar-refractivity contribution in [2.45, 2.75) is 13.3 Å². The first-order valence-electron chi connectivity index (χ1n) is 4.70. The molecule has 78 valence electrons. The second kappa shape index (κ2) is 3.31. The van der Waals surface area contributed by atoms with Crippen LogP contribution in [0.1, 0.15) is 22.8 Å². The van der Waals surface area contributed by atoms with Crippen LogP contribution in [-0.2, 0) is 6.42 Å². The van der Waals surface area contributed by atoms with Crippen LogP contribution in [0.15, 0.2) is 18.3 Å². The minimum Gasteiger partial charge on any atom is -0.507 e. The zero-order chi connectivity index (χ0) is 11.0. The van der Waals surface area contributed by atoms with Gasteiger partial charge in [0.2, 0.25) is 0 Å². The van der Waals surface area contributed by atoms with E-state index in [4.69, 9.17) is 5.11 Å². The summed E-state index contributed by atoms with van der Waals surface area (Å²) in [6.45, 7) is 1.98. The molecule has 0 aliphatic carbocycles. The first-order valence-corrected chi connectivity index (χ1v) is 4.70. The summed E-state index contributed by atoms with van der Waals surface area (Å²) in [5.41, 5.74) is 1.81. The van der Waals surface area contributed by atoms with E-state index in [-0.39, 0.29) is 11.3 Å². The molecule has 2 aromatic rings. The summed E-state index contributed by atoms with van der Waals surface area (Å²) in [4.78, 5) is 13.8. The molecule has 1 aromatic heterocycles. The third-order valence-electron chi connectivity index (χ3n) is 2.51. The van der Waals surface area contributed by atoms with E-state index in [9.17, 15) is 9.90 Å². The van der Waals surface area contributed by atoms with Gasteiger partial charge in [-0.05, 0) is 18.1 Å². The van der Waals surface area contributed by atoms with Crippen molar-refractivity contribution in [2.24, 2.45) is 0 Å². The largest absolute Gasteiger partial charge is 0.507 e. The number of carboxylic acids is 1. The number of aromatic carboxylic acids is 1. The maximum absolute atomic E-state index is 10.9. The minimum atomic E-state index is -1.04. The van der Waals surface area contributed by atoms with Gasteiger partial charge in [-0.25, -0.2) is 4.79 Å². The van der Waals surface area contributed by atoms with E-state index in [1.165, 1.54) is 12.3 Å². The van der Waals surface area contributed by atoms with Gasteiger partial charge in [-0.1, -0.05) is 13.0 Å². The zero-order valence-corrected chi connectivity index (χ0v) is 8.24. The number of hydrogen-bond donors (Lipinski definition) is 3. The molecule has 0 amide bonds. The van der Waals surface area contributed by atoms with Crippen LogP contribution in [0.4, 0.5) is 0 Å². The Balaban J connectivity index is 2.84. The highest BCUT2D eigenvalue weighted by atomic mass is 16.4. The molecule has 4 heteroatoms. The maximum atomic E-state index is 10.9. The van der Waals surface area contributed by atoms with Crippen molar-refractivity contribution in [3.63, 3.8) is 0 Å². The fraction of sp³-hybridized carbons (Fsp3) is 0.182. The number of nitrogens with one attached hydrogen (secondary N) is 1. The number of aromatic nitrogens is 1. The number of H-pyrrole nitrogens is 1. The van der Waals surface area contributed by atoms with Crippen LogP contribution in [-0.4, -0.2) is 21.2 Å². The second-order valence-corrected chi connectivity index (χ2v) is 3.35. The summed E-state index contributed by atoms with van der Waals surface area (Å²) in [5.74, 6) is -1.04. The van der Waals surface area contributed by atoms with Gasteiger partial charge in [0.05, 0.1) is 16.5 Å². The molecule has 0 aliphatic rings. The Bertz CT molecular complexity index is 528. The molecule has 2 rings (SSSR count). The molecular formula is C11H11NO3. The predicted octanol–water partition coefficient (Wildman–Crippen LogP) is 2.13. The third-order valence-corrected chi connectivity index (χ3v) is 2.51. The molecule has 4 nitrogen and oxygen atoms in total. The Morgan fingerprint density at radius 1 is 1.47 bits per heavy atom. The van der Waals surface area contributed by atoms with Gasteiger partial charge in [-0.3, -0.25) is 0 Å². The molecule has 0 fully saturated rings. The number of carboxylic acid groups (broad SMARTS) is 1. The molecule has 0 spiro atoms. The summed E-state index contributed by atoms with van der Waals surface area (Å²) in [7, 11) is 0. The van der Waals surface area contributed by atoms with Crippen molar-refractivity contribution in [3.05, 3.63) is 29.5 Å². The topological polar surface area (TPSA) is 73.3 Å². The number of aromatic hydroxyl groups is 1. The molecule has 0 saturated heterocycles. The number of hydrogen-bond acceptors (Lipinski definition) is 2. The Morgan fingerprint density at radius 3 is 2.80 bits per heavy atom. The van der Waals surface area contributed by atoms with E-state index in [1.807, 2.05) is 6.92 Å². The van der Waals surface area contributed by atoms with E-state index >= 15 is 0 Å². The van der Waals surface area contributed by atoms with Gasteiger partial charge in [0, 0.05) is 6.20 Å². The van der Waals surface area contributed by atoms with Crippen molar-refractivity contribution in [2.75, 3.05) is 0 Å². The van der Waals surface area contributed by atoms with Crippen LogP contribution in [0, 0.1) is 0 Å². The number of carbonyl (C=O) groups is 1. The standard InChI is InChI=1S/C11H11NO3/c1-2-6-3-4-8(13)9-7(11(14)15)5-12-10(6)9/h3-5,12-13H,2H2,1H3,(H,14,15). The third kappa shape index (κ3) is 1.34. The summed E-state index contributed by atoms with van der Waals surface area (Å²) < 4.78 is 0. The Hall–Kier alpha value is -1.97. The fourth-order valence-corrected chi connectivity index (χ4v) is 1.75. The minimum absolute atomic E-state index is 0.000787. The number of phenolic OH excluding ortho intramolecular Hbond substituents is 1. The molecule has 0 saturated carbocycles. The lowest BCUT2D eigenvalue weighted by atomic mass is 10.1. The van der Waals surface area contributed by atoms with Crippen molar-refractivity contribution in [1.29, 1.82) is 0 Å². The lowest BCUT2D eigenvalue weighted by molar-refractivity contribution is 0.0699. The van der Waals surface area contributed by atoms with E-state index < -0.39 is 5.97 Å². The molecule has 0 aliphatic heterocycles. The maximum Gasteiger partial charge on any atom is 0.338 e. The van der Waals surface area contributed by atoms with Crippen LogP contribution in [0.2, 0.25) is 0 Å². The fourth-order valence-electron chi connectivity index (χ4n) is 1.75. The Morgan fingerprint density at radius 2 is 2.20 bits per heavy atom. The van der Waals surface area contributed by atoms with Gasteiger partial charge >= 0.3 is 5.97 Å². The normalized spacial score (nSPS) is 10.7. The summed E-state index contributed by atoms with van der Waals surface area (Å²) >= 11 is 0. The molecule has 0 unspecified atom stereocenters. The number of aryl methyl sites for hydroxylation is 1. The quantitative estimate of drug-likeness (QED) is 0.703. The van der Waals surface area contributed by atoms with Crippen LogP contribution in [0.5, 0.6) is 5.75 Å². The molecule has 0 atom stereocenters. The van der Waals surface area contributed by atoms with Crippen molar-refractivity contribution >= 4 is 16.9 Å². The first kappa shape index (κ1) is 9.58. The molecule has 15 heavy (non-hydrogen) atoms. The van der Waals surface area contributed by atoms with E-state index in [0.29, 0.717) is 10.9 Å². The summed E-state index contributed by atoms with van der Waals surface area (Å²) in [6.07, 6.45) is 2.20. The van der Waals surface area contributed by atoms with Gasteiger partial charge in [0.1, 0.15) is 5.75 Å². The van der Waals surface area contributed by atoms with Crippen LogP contribution >= 0.6 is 0 Å². The second-order valence-electron chi connectivity index (χ2n) is 3.35. The van der Waals surface area contributed by atoms with Crippen LogP contribution < -0.4 is 0 Å². The highest BCUT2D eigenvalue weighted by molar-refractivity contribution is 6.06. The van der Waals surface area contributed by atoms with Crippen molar-refractivity contribution in [3.8, 4) is 5.75 Å². The average Bonchev–Trinajstić information content (AvgIpc) is 2.63. The SMILES string of the molecule is CCc1ccc(O)c2c(C(=O)O)c[nH]c12. The van der Waals surface area contributed by atoms with Gasteiger partial charge < -0.3 is 15.2 Å². The van der Waals surface area contributed by atoms with Crippen molar-refractivity contribution < 1.29 is 15.0 Å². The first-order chi connectivity index (χ1) is 7.15. The molecule has 1 heterocycles.